The molecule has 16 heavy (non-hydrogen) atoms. The lowest BCUT2D eigenvalue weighted by Crippen LogP contribution is -2.53. The van der Waals surface area contributed by atoms with Gasteiger partial charge < -0.3 is 9.47 Å². The lowest BCUT2D eigenvalue weighted by Gasteiger charge is -2.29. The van der Waals surface area contributed by atoms with Gasteiger partial charge in [0.25, 0.3) is 0 Å². The summed E-state index contributed by atoms with van der Waals surface area (Å²) in [5.41, 5.74) is -0.539. The third-order valence-electron chi connectivity index (χ3n) is 3.01. The van der Waals surface area contributed by atoms with E-state index in [1.165, 1.54) is 7.11 Å². The third kappa shape index (κ3) is 2.95. The van der Waals surface area contributed by atoms with E-state index in [0.29, 0.717) is 13.0 Å². The first-order valence-electron chi connectivity index (χ1n) is 6.01. The summed E-state index contributed by atoms with van der Waals surface area (Å²) in [4.78, 5) is 11.9. The van der Waals surface area contributed by atoms with Gasteiger partial charge in [0.05, 0.1) is 13.2 Å². The number of ether oxygens (including phenoxy) is 2. The minimum atomic E-state index is -0.539. The van der Waals surface area contributed by atoms with Crippen LogP contribution in [0, 0.1) is 0 Å². The van der Waals surface area contributed by atoms with Gasteiger partial charge in [-0.05, 0) is 33.6 Å². The predicted octanol–water partition coefficient (Wildman–Crippen LogP) is 1.49. The minimum Gasteiger partial charge on any atom is -0.468 e. The third-order valence-corrected chi connectivity index (χ3v) is 3.01. The number of nitrogens with one attached hydrogen (secondary N) is 1. The van der Waals surface area contributed by atoms with Crippen LogP contribution in [0.2, 0.25) is 0 Å². The normalized spacial score (nSPS) is 29.7. The van der Waals surface area contributed by atoms with Crippen molar-refractivity contribution >= 4 is 5.97 Å². The lowest BCUT2D eigenvalue weighted by molar-refractivity contribution is -0.149. The van der Waals surface area contributed by atoms with Gasteiger partial charge in [-0.1, -0.05) is 0 Å². The van der Waals surface area contributed by atoms with Crippen LogP contribution in [0.4, 0.5) is 0 Å². The largest absolute Gasteiger partial charge is 0.468 e. The first kappa shape index (κ1) is 13.5. The topological polar surface area (TPSA) is 47.6 Å². The Hall–Kier alpha value is -0.610. The fraction of sp³-hybridized carbons (Fsp3) is 0.917. The SMILES string of the molecule is CCOC1CCC(NC(C)C)(C(=O)OC)C1. The van der Waals surface area contributed by atoms with Crippen molar-refractivity contribution in [3.63, 3.8) is 0 Å². The molecule has 0 spiro atoms. The molecule has 1 aliphatic rings. The molecule has 94 valence electrons. The van der Waals surface area contributed by atoms with E-state index in [2.05, 4.69) is 5.32 Å². The molecule has 2 unspecified atom stereocenters. The first-order valence-corrected chi connectivity index (χ1v) is 6.01. The average Bonchev–Trinajstić information content (AvgIpc) is 2.61. The number of rotatable bonds is 5. The Morgan fingerprint density at radius 1 is 1.56 bits per heavy atom. The van der Waals surface area contributed by atoms with E-state index in [-0.39, 0.29) is 18.1 Å². The molecule has 0 aromatic rings. The summed E-state index contributed by atoms with van der Waals surface area (Å²) < 4.78 is 10.5. The minimum absolute atomic E-state index is 0.164. The summed E-state index contributed by atoms with van der Waals surface area (Å²) in [6.07, 6.45) is 2.60. The Morgan fingerprint density at radius 3 is 2.75 bits per heavy atom. The van der Waals surface area contributed by atoms with Crippen LogP contribution in [0.5, 0.6) is 0 Å². The molecule has 4 heteroatoms. The summed E-state index contributed by atoms with van der Waals surface area (Å²) in [7, 11) is 1.44. The fourth-order valence-electron chi connectivity index (χ4n) is 2.50. The van der Waals surface area contributed by atoms with E-state index in [9.17, 15) is 4.79 Å². The van der Waals surface area contributed by atoms with E-state index in [1.807, 2.05) is 20.8 Å². The Kier molecular flexibility index (Phi) is 4.74. The molecule has 1 N–H and O–H groups in total. The van der Waals surface area contributed by atoms with Gasteiger partial charge in [-0.2, -0.15) is 0 Å². The van der Waals surface area contributed by atoms with Crippen molar-refractivity contribution in [2.75, 3.05) is 13.7 Å². The Morgan fingerprint density at radius 2 is 2.25 bits per heavy atom. The highest BCUT2D eigenvalue weighted by Gasteiger charge is 2.46. The molecule has 0 aliphatic heterocycles. The second kappa shape index (κ2) is 5.64. The molecule has 0 saturated heterocycles. The molecule has 4 nitrogen and oxygen atoms in total. The van der Waals surface area contributed by atoms with Crippen molar-refractivity contribution in [3.05, 3.63) is 0 Å². The number of carbonyl (C=O) groups excluding carboxylic acids is 1. The van der Waals surface area contributed by atoms with E-state index in [4.69, 9.17) is 9.47 Å². The maximum absolute atomic E-state index is 11.9. The van der Waals surface area contributed by atoms with Gasteiger partial charge in [-0.25, -0.2) is 0 Å². The zero-order valence-corrected chi connectivity index (χ0v) is 10.7. The van der Waals surface area contributed by atoms with Gasteiger partial charge in [0.15, 0.2) is 0 Å². The van der Waals surface area contributed by atoms with E-state index in [1.54, 1.807) is 0 Å². The summed E-state index contributed by atoms with van der Waals surface area (Å²) in [5.74, 6) is -0.164. The van der Waals surface area contributed by atoms with Gasteiger partial charge in [0.2, 0.25) is 0 Å². The van der Waals surface area contributed by atoms with Crippen LogP contribution in [0.1, 0.15) is 40.0 Å². The zero-order chi connectivity index (χ0) is 12.2. The second-order valence-electron chi connectivity index (χ2n) is 4.69. The van der Waals surface area contributed by atoms with Crippen LogP contribution in [0.25, 0.3) is 0 Å². The number of hydrogen-bond donors (Lipinski definition) is 1. The Balaban J connectivity index is 2.70. The molecule has 0 heterocycles. The van der Waals surface area contributed by atoms with Crippen LogP contribution in [-0.4, -0.2) is 37.4 Å². The van der Waals surface area contributed by atoms with Gasteiger partial charge in [-0.3, -0.25) is 10.1 Å². The van der Waals surface area contributed by atoms with Gasteiger partial charge in [0.1, 0.15) is 5.54 Å². The highest BCUT2D eigenvalue weighted by Crippen LogP contribution is 2.33. The number of carbonyl (C=O) groups is 1. The van der Waals surface area contributed by atoms with E-state index in [0.717, 1.165) is 12.8 Å². The van der Waals surface area contributed by atoms with Gasteiger partial charge >= 0.3 is 5.97 Å². The molecular weight excluding hydrogens is 206 g/mol. The number of methoxy groups -OCH3 is 1. The fourth-order valence-corrected chi connectivity index (χ4v) is 2.50. The highest BCUT2D eigenvalue weighted by molar-refractivity contribution is 5.81. The number of hydrogen-bond acceptors (Lipinski definition) is 4. The van der Waals surface area contributed by atoms with Crippen LogP contribution in [0.3, 0.4) is 0 Å². The molecule has 0 amide bonds. The smallest absolute Gasteiger partial charge is 0.326 e. The van der Waals surface area contributed by atoms with Crippen molar-refractivity contribution in [1.82, 2.24) is 5.32 Å². The Bertz CT molecular complexity index is 242. The van der Waals surface area contributed by atoms with Crippen molar-refractivity contribution in [2.45, 2.75) is 57.7 Å². The predicted molar refractivity (Wildman–Crippen MR) is 62.3 cm³/mol. The second-order valence-corrected chi connectivity index (χ2v) is 4.69. The monoisotopic (exact) mass is 229 g/mol. The zero-order valence-electron chi connectivity index (χ0n) is 10.7. The average molecular weight is 229 g/mol. The van der Waals surface area contributed by atoms with Crippen LogP contribution in [0.15, 0.2) is 0 Å². The Labute approximate surface area is 97.7 Å². The molecular formula is C12H23NO3. The molecule has 0 aromatic carbocycles. The van der Waals surface area contributed by atoms with Crippen molar-refractivity contribution in [2.24, 2.45) is 0 Å². The van der Waals surface area contributed by atoms with Gasteiger partial charge in [-0.15, -0.1) is 0 Å². The summed E-state index contributed by atoms with van der Waals surface area (Å²) in [6, 6.07) is 0.263. The quantitative estimate of drug-likeness (QED) is 0.725. The van der Waals surface area contributed by atoms with Gasteiger partial charge in [0, 0.05) is 19.1 Å². The molecule has 1 aliphatic carbocycles. The molecule has 2 atom stereocenters. The number of esters is 1. The van der Waals surface area contributed by atoms with Crippen LogP contribution < -0.4 is 5.32 Å². The lowest BCUT2D eigenvalue weighted by atomic mass is 9.96. The first-order chi connectivity index (χ1) is 7.54. The maximum atomic E-state index is 11.9. The standard InChI is InChI=1S/C12H23NO3/c1-5-16-10-6-7-12(8-10,11(14)15-4)13-9(2)3/h9-10,13H,5-8H2,1-4H3. The maximum Gasteiger partial charge on any atom is 0.326 e. The van der Waals surface area contributed by atoms with Crippen molar-refractivity contribution < 1.29 is 14.3 Å². The molecule has 1 rings (SSSR count). The van der Waals surface area contributed by atoms with Crippen molar-refractivity contribution in [1.29, 1.82) is 0 Å². The summed E-state index contributed by atoms with van der Waals surface area (Å²) in [5, 5.41) is 3.34. The van der Waals surface area contributed by atoms with E-state index < -0.39 is 5.54 Å². The molecule has 0 radical (unpaired) electrons. The van der Waals surface area contributed by atoms with E-state index >= 15 is 0 Å². The molecule has 0 bridgehead atoms. The summed E-state index contributed by atoms with van der Waals surface area (Å²) >= 11 is 0. The molecule has 1 fully saturated rings. The van der Waals surface area contributed by atoms with Crippen LogP contribution >= 0.6 is 0 Å². The van der Waals surface area contributed by atoms with Crippen LogP contribution in [-0.2, 0) is 14.3 Å². The highest BCUT2D eigenvalue weighted by atomic mass is 16.5. The van der Waals surface area contributed by atoms with Crippen molar-refractivity contribution in [3.8, 4) is 0 Å². The summed E-state index contributed by atoms with van der Waals surface area (Å²) in [6.45, 7) is 6.76. The molecule has 0 aromatic heterocycles. The molecule has 1 saturated carbocycles.